The van der Waals surface area contributed by atoms with E-state index in [-0.39, 0.29) is 17.6 Å². The van der Waals surface area contributed by atoms with Crippen LogP contribution in [0.1, 0.15) is 18.4 Å². The van der Waals surface area contributed by atoms with Gasteiger partial charge in [-0.15, -0.1) is 0 Å². The average Bonchev–Trinajstić information content (AvgIpc) is 2.78. The van der Waals surface area contributed by atoms with E-state index in [1.54, 1.807) is 13.2 Å². The number of nitrogens with zero attached hydrogens (tertiary/aromatic N) is 3. The van der Waals surface area contributed by atoms with E-state index in [4.69, 9.17) is 4.74 Å². The smallest absolute Gasteiger partial charge is 0.228 e. The molecule has 1 saturated heterocycles. The van der Waals surface area contributed by atoms with Crippen LogP contribution in [0.3, 0.4) is 0 Å². The Morgan fingerprint density at radius 1 is 1.20 bits per heavy atom. The number of piperidine rings is 1. The lowest BCUT2D eigenvalue weighted by Gasteiger charge is -2.28. The van der Waals surface area contributed by atoms with Crippen LogP contribution in [0.25, 0.3) is 22.0 Å². The molecule has 152 valence electrons. The predicted octanol–water partition coefficient (Wildman–Crippen LogP) is 4.06. The number of hydrogen-bond acceptors (Lipinski definition) is 5. The lowest BCUT2D eigenvalue weighted by molar-refractivity contribution is -0.121. The Labute approximate surface area is 176 Å². The molecule has 0 radical (unpaired) electrons. The first-order valence-corrected chi connectivity index (χ1v) is 10.1. The number of nitriles is 1. The van der Waals surface area contributed by atoms with Crippen molar-refractivity contribution in [2.24, 2.45) is 5.92 Å². The zero-order chi connectivity index (χ0) is 21.1. The zero-order valence-electron chi connectivity index (χ0n) is 17.2. The van der Waals surface area contributed by atoms with Crippen LogP contribution in [0.5, 0.6) is 5.75 Å². The normalized spacial score (nSPS) is 15.0. The summed E-state index contributed by atoms with van der Waals surface area (Å²) in [6, 6.07) is 17.8. The fraction of sp³-hybridized carbons (Fsp3) is 0.292. The summed E-state index contributed by atoms with van der Waals surface area (Å²) in [4.78, 5) is 19.7. The maximum atomic E-state index is 12.8. The number of anilines is 1. The topological polar surface area (TPSA) is 78.2 Å². The number of hydrogen-bond donors (Lipinski definition) is 1. The van der Waals surface area contributed by atoms with Crippen LogP contribution < -0.4 is 10.1 Å². The molecule has 2 aromatic carbocycles. The Hall–Kier alpha value is -3.43. The summed E-state index contributed by atoms with van der Waals surface area (Å²) in [6.45, 7) is 1.78. The highest BCUT2D eigenvalue weighted by atomic mass is 16.5. The van der Waals surface area contributed by atoms with Crippen LogP contribution in [0, 0.1) is 17.2 Å². The Balaban J connectivity index is 1.76. The first kappa shape index (κ1) is 19.9. The van der Waals surface area contributed by atoms with Crippen molar-refractivity contribution in [2.75, 3.05) is 32.6 Å². The number of likely N-dealkylation sites (tertiary alicyclic amines) is 1. The Morgan fingerprint density at radius 2 is 1.93 bits per heavy atom. The molecule has 0 atom stereocenters. The highest BCUT2D eigenvalue weighted by Gasteiger charge is 2.25. The van der Waals surface area contributed by atoms with Crippen LogP contribution in [0.4, 0.5) is 5.82 Å². The standard InChI is InChI=1S/C24H24N4O2/c1-28-12-10-17(11-13-28)24(29)27-23-18(15-25)14-20-19(16-6-4-3-5-7-16)8-9-21(30-2)22(20)26-23/h3-9,14,17H,10-13H2,1-2H3,(H,26,27,29). The number of methoxy groups -OCH3 is 1. The summed E-state index contributed by atoms with van der Waals surface area (Å²) in [6.07, 6.45) is 1.61. The molecular formula is C24H24N4O2. The molecular weight excluding hydrogens is 376 g/mol. The molecule has 30 heavy (non-hydrogen) atoms. The van der Waals surface area contributed by atoms with Gasteiger partial charge in [-0.3, -0.25) is 4.79 Å². The molecule has 0 saturated carbocycles. The van der Waals surface area contributed by atoms with Gasteiger partial charge in [0.05, 0.1) is 12.7 Å². The maximum Gasteiger partial charge on any atom is 0.228 e. The minimum atomic E-state index is -0.0790. The van der Waals surface area contributed by atoms with Gasteiger partial charge >= 0.3 is 0 Å². The van der Waals surface area contributed by atoms with Gasteiger partial charge in [0.15, 0.2) is 5.82 Å². The largest absolute Gasteiger partial charge is 0.494 e. The van der Waals surface area contributed by atoms with Crippen LogP contribution in [0.15, 0.2) is 48.5 Å². The van der Waals surface area contributed by atoms with Crippen LogP contribution in [-0.2, 0) is 4.79 Å². The van der Waals surface area contributed by atoms with Crippen molar-refractivity contribution in [1.82, 2.24) is 9.88 Å². The molecule has 6 nitrogen and oxygen atoms in total. The van der Waals surface area contributed by atoms with Gasteiger partial charge in [-0.05, 0) is 62.3 Å². The van der Waals surface area contributed by atoms with Crippen LogP contribution in [0.2, 0.25) is 0 Å². The fourth-order valence-corrected chi connectivity index (χ4v) is 3.94. The maximum absolute atomic E-state index is 12.8. The SMILES string of the molecule is COc1ccc(-c2ccccc2)c2cc(C#N)c(NC(=O)C3CCN(C)CC3)nc12. The number of nitrogens with one attached hydrogen (secondary N) is 1. The number of pyridine rings is 1. The third-order valence-electron chi connectivity index (χ3n) is 5.70. The number of carbonyl (C=O) groups is 1. The number of carbonyl (C=O) groups excluding carboxylic acids is 1. The van der Waals surface area contributed by atoms with E-state index < -0.39 is 0 Å². The number of fused-ring (bicyclic) bond motifs is 1. The van der Waals surface area contributed by atoms with Gasteiger partial charge in [0, 0.05) is 11.3 Å². The average molecular weight is 400 g/mol. The summed E-state index contributed by atoms with van der Waals surface area (Å²) in [7, 11) is 3.65. The highest BCUT2D eigenvalue weighted by Crippen LogP contribution is 2.35. The van der Waals surface area contributed by atoms with E-state index in [9.17, 15) is 10.1 Å². The van der Waals surface area contributed by atoms with Crippen molar-refractivity contribution in [3.8, 4) is 22.9 Å². The van der Waals surface area contributed by atoms with Crippen molar-refractivity contribution in [2.45, 2.75) is 12.8 Å². The Morgan fingerprint density at radius 3 is 2.60 bits per heavy atom. The van der Waals surface area contributed by atoms with E-state index in [2.05, 4.69) is 28.3 Å². The molecule has 1 aliphatic rings. The molecule has 1 amide bonds. The molecule has 1 aromatic heterocycles. The van der Waals surface area contributed by atoms with Crippen LogP contribution in [-0.4, -0.2) is 43.0 Å². The molecule has 1 fully saturated rings. The molecule has 4 rings (SSSR count). The van der Waals surface area contributed by atoms with Gasteiger partial charge in [0.25, 0.3) is 0 Å². The second kappa shape index (κ2) is 8.52. The minimum Gasteiger partial charge on any atom is -0.494 e. The number of benzene rings is 2. The van der Waals surface area contributed by atoms with Crippen LogP contribution >= 0.6 is 0 Å². The van der Waals surface area contributed by atoms with Crippen molar-refractivity contribution < 1.29 is 9.53 Å². The monoisotopic (exact) mass is 400 g/mol. The number of rotatable bonds is 4. The van der Waals surface area contributed by atoms with Gasteiger partial charge in [-0.2, -0.15) is 5.26 Å². The molecule has 2 heterocycles. The van der Waals surface area contributed by atoms with E-state index in [1.807, 2.05) is 42.5 Å². The number of aromatic nitrogens is 1. The van der Waals surface area contributed by atoms with Gasteiger partial charge in [0.2, 0.25) is 5.91 Å². The summed E-state index contributed by atoms with van der Waals surface area (Å²) >= 11 is 0. The molecule has 1 aliphatic heterocycles. The Bertz CT molecular complexity index is 1110. The van der Waals surface area contributed by atoms with Crippen molar-refractivity contribution in [1.29, 1.82) is 5.26 Å². The zero-order valence-corrected chi connectivity index (χ0v) is 17.2. The Kier molecular flexibility index (Phi) is 5.64. The first-order chi connectivity index (χ1) is 14.6. The highest BCUT2D eigenvalue weighted by molar-refractivity contribution is 6.01. The predicted molar refractivity (Wildman–Crippen MR) is 117 cm³/mol. The van der Waals surface area contributed by atoms with E-state index in [0.29, 0.717) is 16.8 Å². The fourth-order valence-electron chi connectivity index (χ4n) is 3.94. The lowest BCUT2D eigenvalue weighted by atomic mass is 9.96. The minimum absolute atomic E-state index is 0.0669. The second-order valence-corrected chi connectivity index (χ2v) is 7.64. The van der Waals surface area contributed by atoms with Crippen molar-refractivity contribution in [3.63, 3.8) is 0 Å². The number of ether oxygens (including phenoxy) is 1. The molecule has 0 bridgehead atoms. The summed E-state index contributed by atoms with van der Waals surface area (Å²) in [5, 5.41) is 13.5. The van der Waals surface area contributed by atoms with Gasteiger partial charge in [-0.1, -0.05) is 30.3 Å². The van der Waals surface area contributed by atoms with Crippen molar-refractivity contribution >= 4 is 22.6 Å². The van der Waals surface area contributed by atoms with Gasteiger partial charge < -0.3 is 15.0 Å². The molecule has 0 spiro atoms. The van der Waals surface area contributed by atoms with Gasteiger partial charge in [0.1, 0.15) is 17.3 Å². The molecule has 0 unspecified atom stereocenters. The van der Waals surface area contributed by atoms with Crippen molar-refractivity contribution in [3.05, 3.63) is 54.1 Å². The van der Waals surface area contributed by atoms with Gasteiger partial charge in [-0.25, -0.2) is 4.98 Å². The summed E-state index contributed by atoms with van der Waals surface area (Å²) in [5.74, 6) is 0.744. The molecule has 0 aliphatic carbocycles. The van der Waals surface area contributed by atoms with E-state index in [1.165, 1.54) is 0 Å². The third-order valence-corrected chi connectivity index (χ3v) is 5.70. The molecule has 3 aromatic rings. The van der Waals surface area contributed by atoms with E-state index in [0.717, 1.165) is 42.4 Å². The quantitative estimate of drug-likeness (QED) is 0.714. The summed E-state index contributed by atoms with van der Waals surface area (Å²) < 4.78 is 5.52. The third kappa shape index (κ3) is 3.85. The lowest BCUT2D eigenvalue weighted by Crippen LogP contribution is -2.36. The number of amides is 1. The second-order valence-electron chi connectivity index (χ2n) is 7.64. The summed E-state index contributed by atoms with van der Waals surface area (Å²) in [5.41, 5.74) is 2.95. The first-order valence-electron chi connectivity index (χ1n) is 10.1. The molecule has 6 heteroatoms. The van der Waals surface area contributed by atoms with E-state index >= 15 is 0 Å². The molecule has 1 N–H and O–H groups in total.